The molecule has 4 aliphatic carbocycles. The van der Waals surface area contributed by atoms with Crippen LogP contribution < -0.4 is 0 Å². The molecule has 0 amide bonds. The highest BCUT2D eigenvalue weighted by Gasteiger charge is 2.34. The average molecular weight is 467 g/mol. The highest BCUT2D eigenvalue weighted by Crippen LogP contribution is 2.55. The molecule has 2 unspecified atom stereocenters. The summed E-state index contributed by atoms with van der Waals surface area (Å²) >= 11 is 0. The Morgan fingerprint density at radius 2 is 0.844 bits per heavy atom. The Morgan fingerprint density at radius 1 is 0.531 bits per heavy atom. The maximum atomic E-state index is 2.76. The van der Waals surface area contributed by atoms with Gasteiger partial charge in [0, 0.05) is 5.92 Å². The van der Waals surface area contributed by atoms with Crippen molar-refractivity contribution in [1.29, 1.82) is 0 Å². The summed E-state index contributed by atoms with van der Waals surface area (Å²) in [5.41, 5.74) is 7.58. The van der Waals surface area contributed by atoms with E-state index in [0.29, 0.717) is 5.92 Å². The molecule has 2 aromatic heterocycles. The van der Waals surface area contributed by atoms with Crippen LogP contribution in [0.2, 0.25) is 0 Å². The highest BCUT2D eigenvalue weighted by atomic mass is 31.0. The van der Waals surface area contributed by atoms with Gasteiger partial charge in [-0.1, -0.05) is 58.3 Å². The summed E-state index contributed by atoms with van der Waals surface area (Å²) in [6.07, 6.45) is 23.6. The van der Waals surface area contributed by atoms with Crippen LogP contribution in [0.1, 0.15) is 172 Å². The molecule has 2 aromatic rings. The molecule has 4 aliphatic rings. The van der Waals surface area contributed by atoms with E-state index >= 15 is 0 Å². The third-order valence-electron chi connectivity index (χ3n) is 9.95. The van der Waals surface area contributed by atoms with Crippen LogP contribution in [0, 0.1) is 0 Å². The lowest BCUT2D eigenvalue weighted by Gasteiger charge is -2.24. The Bertz CT molecular complexity index is 819. The third-order valence-corrected chi connectivity index (χ3v) is 12.9. The zero-order valence-electron chi connectivity index (χ0n) is 20.4. The summed E-state index contributed by atoms with van der Waals surface area (Å²) in [5.74, 6) is 9.84. The van der Waals surface area contributed by atoms with Gasteiger partial charge in [0.2, 0.25) is 0 Å². The SMILES string of the molecule is CC(c1[pH]cc(C2CCCC2)c1C1CCCC1)c1[pH]cc(C2CCCC2)c1C1CCCC1. The van der Waals surface area contributed by atoms with Crippen molar-refractivity contribution in [3.8, 4) is 0 Å². The first-order valence-corrected chi connectivity index (χ1v) is 16.4. The molecule has 0 radical (unpaired) electrons. The monoisotopic (exact) mass is 466 g/mol. The van der Waals surface area contributed by atoms with E-state index in [4.69, 9.17) is 0 Å². The molecule has 0 aromatic carbocycles. The Hall–Kier alpha value is -0.440. The minimum atomic E-state index is 0.711. The maximum Gasteiger partial charge on any atom is 0.0137 e. The number of rotatable bonds is 6. The Morgan fingerprint density at radius 3 is 1.19 bits per heavy atom. The predicted octanol–water partition coefficient (Wildman–Crippen LogP) is 10.5. The maximum absolute atomic E-state index is 2.76. The fraction of sp³-hybridized carbons (Fsp3) is 0.733. The lowest BCUT2D eigenvalue weighted by Crippen LogP contribution is -2.08. The van der Waals surface area contributed by atoms with E-state index in [9.17, 15) is 0 Å². The second kappa shape index (κ2) is 9.67. The van der Waals surface area contributed by atoms with Gasteiger partial charge in [-0.3, -0.25) is 0 Å². The van der Waals surface area contributed by atoms with Gasteiger partial charge in [-0.15, -0.1) is 16.4 Å². The summed E-state index contributed by atoms with van der Waals surface area (Å²) < 4.78 is 0. The predicted molar refractivity (Wildman–Crippen MR) is 144 cm³/mol. The minimum Gasteiger partial charge on any atom is -0.135 e. The number of hydrogen-bond acceptors (Lipinski definition) is 0. The molecule has 0 spiro atoms. The van der Waals surface area contributed by atoms with E-state index in [1.807, 2.05) is 32.8 Å². The molecule has 0 bridgehead atoms. The largest absolute Gasteiger partial charge is 0.135 e. The Labute approximate surface area is 199 Å². The first-order valence-electron chi connectivity index (χ1n) is 14.2. The minimum absolute atomic E-state index is 0.711. The molecule has 6 rings (SSSR count). The molecule has 2 atom stereocenters. The van der Waals surface area contributed by atoms with Crippen LogP contribution in [-0.4, -0.2) is 0 Å². The van der Waals surface area contributed by atoms with E-state index in [1.165, 1.54) is 103 Å². The molecule has 4 fully saturated rings. The van der Waals surface area contributed by atoms with E-state index in [2.05, 4.69) is 18.5 Å². The van der Waals surface area contributed by atoms with Crippen LogP contribution in [0.4, 0.5) is 0 Å². The molecule has 0 saturated heterocycles. The Kier molecular flexibility index (Phi) is 6.66. The second-order valence-electron chi connectivity index (χ2n) is 11.8. The molecule has 0 N–H and O–H groups in total. The van der Waals surface area contributed by atoms with Gasteiger partial charge in [-0.25, -0.2) is 0 Å². The highest BCUT2D eigenvalue weighted by molar-refractivity contribution is 7.32. The molecule has 0 aliphatic heterocycles. The second-order valence-corrected chi connectivity index (χ2v) is 14.0. The molecular weight excluding hydrogens is 422 g/mol. The van der Waals surface area contributed by atoms with Gasteiger partial charge >= 0.3 is 0 Å². The van der Waals surface area contributed by atoms with Crippen molar-refractivity contribution in [3.05, 3.63) is 44.4 Å². The summed E-state index contributed by atoms with van der Waals surface area (Å²) in [7, 11) is 1.97. The van der Waals surface area contributed by atoms with Crippen molar-refractivity contribution in [2.45, 2.75) is 139 Å². The summed E-state index contributed by atoms with van der Waals surface area (Å²) in [6, 6.07) is 0. The molecular formula is C30H44P2. The van der Waals surface area contributed by atoms with Crippen molar-refractivity contribution in [3.63, 3.8) is 0 Å². The van der Waals surface area contributed by atoms with Crippen molar-refractivity contribution >= 4 is 16.4 Å². The average Bonchev–Trinajstić information content (AvgIpc) is 3.66. The molecule has 174 valence electrons. The fourth-order valence-corrected chi connectivity index (χ4v) is 11.6. The normalized spacial score (nSPS) is 25.4. The summed E-state index contributed by atoms with van der Waals surface area (Å²) in [6.45, 7) is 2.64. The smallest absolute Gasteiger partial charge is 0.0137 e. The molecule has 32 heavy (non-hydrogen) atoms. The summed E-state index contributed by atoms with van der Waals surface area (Å²) in [5, 5.41) is 3.83. The van der Waals surface area contributed by atoms with Gasteiger partial charge in [0.15, 0.2) is 0 Å². The zero-order chi connectivity index (χ0) is 21.5. The zero-order valence-corrected chi connectivity index (χ0v) is 22.4. The Balaban J connectivity index is 1.40. The van der Waals surface area contributed by atoms with Crippen LogP contribution >= 0.6 is 16.4 Å². The fourth-order valence-electron chi connectivity index (χ4n) is 8.28. The lowest BCUT2D eigenvalue weighted by molar-refractivity contribution is 0.652. The molecule has 0 nitrogen and oxygen atoms in total. The van der Waals surface area contributed by atoms with Crippen LogP contribution in [0.3, 0.4) is 0 Å². The number of hydrogen-bond donors (Lipinski definition) is 0. The van der Waals surface area contributed by atoms with E-state index in [-0.39, 0.29) is 0 Å². The van der Waals surface area contributed by atoms with Crippen molar-refractivity contribution in [2.24, 2.45) is 0 Å². The molecule has 2 heterocycles. The van der Waals surface area contributed by atoms with Crippen molar-refractivity contribution < 1.29 is 0 Å². The molecule has 4 saturated carbocycles. The van der Waals surface area contributed by atoms with E-state index < -0.39 is 0 Å². The first-order chi connectivity index (χ1) is 15.8. The van der Waals surface area contributed by atoms with Crippen molar-refractivity contribution in [1.82, 2.24) is 0 Å². The lowest BCUT2D eigenvalue weighted by atomic mass is 9.82. The third kappa shape index (κ3) is 4.01. The quantitative estimate of drug-likeness (QED) is 0.397. The summed E-state index contributed by atoms with van der Waals surface area (Å²) in [4.78, 5) is 0. The topological polar surface area (TPSA) is 0 Å². The van der Waals surface area contributed by atoms with Crippen molar-refractivity contribution in [2.75, 3.05) is 0 Å². The van der Waals surface area contributed by atoms with Crippen LogP contribution in [0.5, 0.6) is 0 Å². The van der Waals surface area contributed by atoms with Crippen LogP contribution in [-0.2, 0) is 0 Å². The van der Waals surface area contributed by atoms with Crippen LogP contribution in [0.25, 0.3) is 0 Å². The van der Waals surface area contributed by atoms with Crippen LogP contribution in [0.15, 0.2) is 11.6 Å². The van der Waals surface area contributed by atoms with E-state index in [0.717, 1.165) is 40.1 Å². The van der Waals surface area contributed by atoms with Gasteiger partial charge in [0.05, 0.1) is 0 Å². The first kappa shape index (κ1) is 22.1. The van der Waals surface area contributed by atoms with Gasteiger partial charge < -0.3 is 0 Å². The van der Waals surface area contributed by atoms with Gasteiger partial charge in [0.25, 0.3) is 0 Å². The van der Waals surface area contributed by atoms with Gasteiger partial charge in [0.1, 0.15) is 0 Å². The standard InChI is InChI=1S/C30H44P2/c1-20(29-27(23-14-6-7-15-23)25(18-31-29)21-10-2-3-11-21)30-28(24-16-8-9-17-24)26(19-32-30)22-12-4-5-13-22/h18-24,31-32H,2-17H2,1H3. The molecule has 2 heteroatoms. The van der Waals surface area contributed by atoms with Gasteiger partial charge in [-0.05, 0) is 119 Å². The van der Waals surface area contributed by atoms with E-state index in [1.54, 1.807) is 0 Å². The van der Waals surface area contributed by atoms with Gasteiger partial charge in [-0.2, -0.15) is 0 Å².